The minimum atomic E-state index is 0.403. The maximum Gasteiger partial charge on any atom is 0.137 e. The Labute approximate surface area is 116 Å². The second-order valence-corrected chi connectivity index (χ2v) is 5.53. The summed E-state index contributed by atoms with van der Waals surface area (Å²) in [5.74, 6) is 1.57. The molecule has 0 spiro atoms. The third kappa shape index (κ3) is 3.93. The molecule has 1 aromatic heterocycles. The van der Waals surface area contributed by atoms with Gasteiger partial charge in [-0.3, -0.25) is 4.98 Å². The van der Waals surface area contributed by atoms with Crippen LogP contribution in [0.15, 0.2) is 18.5 Å². The number of rotatable bonds is 4. The van der Waals surface area contributed by atoms with E-state index < -0.39 is 0 Å². The zero-order chi connectivity index (χ0) is 13.5. The summed E-state index contributed by atoms with van der Waals surface area (Å²) in [6.45, 7) is 0. The molecule has 2 rings (SSSR count). The maximum atomic E-state index is 5.29. The lowest BCUT2D eigenvalue weighted by Gasteiger charge is -2.28. The predicted octanol–water partition coefficient (Wildman–Crippen LogP) is 3.71. The summed E-state index contributed by atoms with van der Waals surface area (Å²) >= 11 is 0. The van der Waals surface area contributed by atoms with Crippen molar-refractivity contribution in [3.8, 4) is 5.75 Å². The van der Waals surface area contributed by atoms with Crippen LogP contribution in [-0.4, -0.2) is 19.1 Å². The maximum absolute atomic E-state index is 5.29. The molecule has 1 aliphatic carbocycles. The van der Waals surface area contributed by atoms with E-state index in [4.69, 9.17) is 4.74 Å². The molecule has 3 heteroatoms. The summed E-state index contributed by atoms with van der Waals surface area (Å²) in [6, 6.07) is 2.52. The van der Waals surface area contributed by atoms with Crippen molar-refractivity contribution in [2.24, 2.45) is 5.92 Å². The minimum Gasteiger partial charge on any atom is -0.495 e. The first-order valence-electron chi connectivity index (χ1n) is 7.51. The molecule has 0 amide bonds. The number of pyridine rings is 1. The van der Waals surface area contributed by atoms with Gasteiger partial charge in [-0.1, -0.05) is 32.1 Å². The summed E-state index contributed by atoms with van der Waals surface area (Å²) in [4.78, 5) is 4.30. The Morgan fingerprint density at radius 1 is 1.16 bits per heavy atom. The highest BCUT2D eigenvalue weighted by Crippen LogP contribution is 2.33. The highest BCUT2D eigenvalue weighted by atomic mass is 16.5. The zero-order valence-corrected chi connectivity index (χ0v) is 12.2. The van der Waals surface area contributed by atoms with E-state index in [1.807, 2.05) is 6.20 Å². The molecular formula is C16H26N2O. The minimum absolute atomic E-state index is 0.403. The van der Waals surface area contributed by atoms with Gasteiger partial charge in [0, 0.05) is 12.2 Å². The fraction of sp³-hybridized carbons (Fsp3) is 0.688. The summed E-state index contributed by atoms with van der Waals surface area (Å²) < 4.78 is 5.29. The molecular weight excluding hydrogens is 236 g/mol. The van der Waals surface area contributed by atoms with Crippen LogP contribution >= 0.6 is 0 Å². The predicted molar refractivity (Wildman–Crippen MR) is 78.4 cm³/mol. The topological polar surface area (TPSA) is 34.2 Å². The van der Waals surface area contributed by atoms with Gasteiger partial charge in [0.05, 0.1) is 13.3 Å². The van der Waals surface area contributed by atoms with E-state index in [1.54, 1.807) is 13.3 Å². The van der Waals surface area contributed by atoms with Crippen LogP contribution in [0, 0.1) is 5.92 Å². The van der Waals surface area contributed by atoms with E-state index in [0.717, 1.165) is 11.7 Å². The molecule has 0 aromatic carbocycles. The quantitative estimate of drug-likeness (QED) is 0.898. The fourth-order valence-corrected chi connectivity index (χ4v) is 3.21. The van der Waals surface area contributed by atoms with Gasteiger partial charge >= 0.3 is 0 Å². The molecule has 1 unspecified atom stereocenters. The molecule has 0 bridgehead atoms. The zero-order valence-electron chi connectivity index (χ0n) is 12.2. The Balaban J connectivity index is 2.12. The smallest absolute Gasteiger partial charge is 0.137 e. The molecule has 0 saturated heterocycles. The van der Waals surface area contributed by atoms with E-state index in [0.29, 0.717) is 6.04 Å². The number of aromatic nitrogens is 1. The summed E-state index contributed by atoms with van der Waals surface area (Å²) in [6.07, 6.45) is 13.3. The number of hydrogen-bond acceptors (Lipinski definition) is 3. The number of ether oxygens (including phenoxy) is 1. The van der Waals surface area contributed by atoms with Gasteiger partial charge in [-0.15, -0.1) is 0 Å². The van der Waals surface area contributed by atoms with Crippen LogP contribution < -0.4 is 10.1 Å². The molecule has 1 fully saturated rings. The Hall–Kier alpha value is -1.09. The van der Waals surface area contributed by atoms with Crippen LogP contribution in [-0.2, 0) is 0 Å². The van der Waals surface area contributed by atoms with Gasteiger partial charge < -0.3 is 10.1 Å². The van der Waals surface area contributed by atoms with Crippen LogP contribution in [0.5, 0.6) is 5.75 Å². The van der Waals surface area contributed by atoms with Crippen LogP contribution in [0.4, 0.5) is 0 Å². The Kier molecular flexibility index (Phi) is 5.64. The largest absolute Gasteiger partial charge is 0.495 e. The number of methoxy groups -OCH3 is 1. The Morgan fingerprint density at radius 2 is 1.84 bits per heavy atom. The van der Waals surface area contributed by atoms with E-state index in [1.165, 1.54) is 50.5 Å². The van der Waals surface area contributed by atoms with Gasteiger partial charge in [-0.25, -0.2) is 0 Å². The van der Waals surface area contributed by atoms with E-state index in [-0.39, 0.29) is 0 Å². The monoisotopic (exact) mass is 262 g/mol. The van der Waals surface area contributed by atoms with E-state index >= 15 is 0 Å². The Morgan fingerprint density at radius 3 is 2.47 bits per heavy atom. The third-order valence-electron chi connectivity index (χ3n) is 4.26. The lowest BCUT2D eigenvalue weighted by molar-refractivity contribution is 0.298. The van der Waals surface area contributed by atoms with Gasteiger partial charge in [0.2, 0.25) is 0 Å². The summed E-state index contributed by atoms with van der Waals surface area (Å²) in [5.41, 5.74) is 1.26. The number of hydrogen-bond donors (Lipinski definition) is 1. The summed E-state index contributed by atoms with van der Waals surface area (Å²) in [7, 11) is 3.76. The summed E-state index contributed by atoms with van der Waals surface area (Å²) in [5, 5.41) is 3.49. The van der Waals surface area contributed by atoms with Crippen molar-refractivity contribution in [1.82, 2.24) is 10.3 Å². The van der Waals surface area contributed by atoms with E-state index in [2.05, 4.69) is 23.4 Å². The molecule has 1 atom stereocenters. The van der Waals surface area contributed by atoms with Gasteiger partial charge in [-0.2, -0.15) is 0 Å². The van der Waals surface area contributed by atoms with Gasteiger partial charge in [0.25, 0.3) is 0 Å². The molecule has 19 heavy (non-hydrogen) atoms. The average Bonchev–Trinajstić information content (AvgIpc) is 2.42. The van der Waals surface area contributed by atoms with Crippen LogP contribution in [0.2, 0.25) is 0 Å². The second-order valence-electron chi connectivity index (χ2n) is 5.53. The normalized spacial score (nSPS) is 19.5. The van der Waals surface area contributed by atoms with E-state index in [9.17, 15) is 0 Å². The molecule has 1 heterocycles. The molecule has 1 saturated carbocycles. The van der Waals surface area contributed by atoms with Crippen molar-refractivity contribution in [2.75, 3.05) is 14.2 Å². The lowest BCUT2D eigenvalue weighted by Crippen LogP contribution is -2.26. The standard InChI is InChI=1S/C16H26N2O/c1-17-16(13-8-6-4-3-5-7-9-13)14-10-15(19-2)12-18-11-14/h10-13,16-17H,3-9H2,1-2H3. The molecule has 0 aliphatic heterocycles. The fourth-order valence-electron chi connectivity index (χ4n) is 3.21. The van der Waals surface area contributed by atoms with Crippen molar-refractivity contribution < 1.29 is 4.74 Å². The molecule has 0 radical (unpaired) electrons. The van der Waals surface area contributed by atoms with Crippen molar-refractivity contribution >= 4 is 0 Å². The van der Waals surface area contributed by atoms with Crippen molar-refractivity contribution in [1.29, 1.82) is 0 Å². The first kappa shape index (κ1) is 14.3. The van der Waals surface area contributed by atoms with Crippen LogP contribution in [0.1, 0.15) is 56.6 Å². The number of nitrogens with one attached hydrogen (secondary N) is 1. The first-order valence-corrected chi connectivity index (χ1v) is 7.51. The second kappa shape index (κ2) is 7.49. The molecule has 1 aromatic rings. The highest BCUT2D eigenvalue weighted by molar-refractivity contribution is 5.26. The van der Waals surface area contributed by atoms with Crippen molar-refractivity contribution in [2.45, 2.75) is 51.0 Å². The van der Waals surface area contributed by atoms with Gasteiger partial charge in [-0.05, 0) is 37.4 Å². The number of nitrogens with zero attached hydrogens (tertiary/aromatic N) is 1. The molecule has 1 aliphatic rings. The van der Waals surface area contributed by atoms with Gasteiger partial charge in [0.1, 0.15) is 5.75 Å². The molecule has 3 nitrogen and oxygen atoms in total. The average molecular weight is 262 g/mol. The van der Waals surface area contributed by atoms with Crippen LogP contribution in [0.3, 0.4) is 0 Å². The third-order valence-corrected chi connectivity index (χ3v) is 4.26. The van der Waals surface area contributed by atoms with Gasteiger partial charge in [0.15, 0.2) is 0 Å². The molecule has 106 valence electrons. The van der Waals surface area contributed by atoms with Crippen molar-refractivity contribution in [3.05, 3.63) is 24.0 Å². The molecule has 1 N–H and O–H groups in total. The van der Waals surface area contributed by atoms with Crippen molar-refractivity contribution in [3.63, 3.8) is 0 Å². The SMILES string of the molecule is CNC(c1cncc(OC)c1)C1CCCCCCC1. The highest BCUT2D eigenvalue weighted by Gasteiger charge is 2.22. The Bertz CT molecular complexity index is 373. The van der Waals surface area contributed by atoms with Crippen LogP contribution in [0.25, 0.3) is 0 Å². The lowest BCUT2D eigenvalue weighted by atomic mass is 9.83. The first-order chi connectivity index (χ1) is 9.35.